The monoisotopic (exact) mass is 263 g/mol. The maximum atomic E-state index is 11.7. The first-order chi connectivity index (χ1) is 8.99. The molecule has 1 unspecified atom stereocenters. The van der Waals surface area contributed by atoms with E-state index in [1.165, 1.54) is 6.92 Å². The van der Waals surface area contributed by atoms with E-state index in [4.69, 9.17) is 5.11 Å². The number of carbonyl (C=O) groups excluding carboxylic acids is 2. The van der Waals surface area contributed by atoms with E-state index in [1.807, 2.05) is 30.3 Å². The molecule has 1 rings (SSSR count). The fourth-order valence-electron chi connectivity index (χ4n) is 1.64. The molecular formula is C14H17NO4. The highest BCUT2D eigenvalue weighted by molar-refractivity contribution is 5.90. The number of Topliss-reactive ketones (excluding diaryl/α,β-unsaturated/α-hetero) is 1. The molecule has 0 spiro atoms. The first-order valence-electron chi connectivity index (χ1n) is 6.04. The van der Waals surface area contributed by atoms with Crippen molar-refractivity contribution in [2.24, 2.45) is 0 Å². The lowest BCUT2D eigenvalue weighted by Gasteiger charge is -2.13. The Hall–Kier alpha value is -2.17. The van der Waals surface area contributed by atoms with Crippen molar-refractivity contribution in [1.29, 1.82) is 0 Å². The van der Waals surface area contributed by atoms with Crippen LogP contribution in [-0.2, 0) is 20.8 Å². The van der Waals surface area contributed by atoms with Gasteiger partial charge in [-0.3, -0.25) is 14.4 Å². The van der Waals surface area contributed by atoms with Gasteiger partial charge >= 0.3 is 5.97 Å². The molecule has 19 heavy (non-hydrogen) atoms. The second kappa shape index (κ2) is 7.31. The van der Waals surface area contributed by atoms with Crippen molar-refractivity contribution >= 4 is 17.7 Å². The summed E-state index contributed by atoms with van der Waals surface area (Å²) in [4.78, 5) is 33.4. The molecule has 0 saturated carbocycles. The van der Waals surface area contributed by atoms with Gasteiger partial charge in [-0.15, -0.1) is 0 Å². The fraction of sp³-hybridized carbons (Fsp3) is 0.357. The number of hydrogen-bond donors (Lipinski definition) is 2. The topological polar surface area (TPSA) is 83.5 Å². The van der Waals surface area contributed by atoms with Crippen LogP contribution in [0.2, 0.25) is 0 Å². The van der Waals surface area contributed by atoms with Crippen LogP contribution in [0.25, 0.3) is 0 Å². The maximum absolute atomic E-state index is 11.7. The van der Waals surface area contributed by atoms with Crippen LogP contribution >= 0.6 is 0 Å². The van der Waals surface area contributed by atoms with E-state index in [0.717, 1.165) is 5.56 Å². The number of carbonyl (C=O) groups is 3. The third-order valence-electron chi connectivity index (χ3n) is 2.69. The molecule has 102 valence electrons. The van der Waals surface area contributed by atoms with Crippen molar-refractivity contribution in [3.63, 3.8) is 0 Å². The smallest absolute Gasteiger partial charge is 0.305 e. The molecule has 0 aliphatic rings. The van der Waals surface area contributed by atoms with E-state index >= 15 is 0 Å². The van der Waals surface area contributed by atoms with Crippen molar-refractivity contribution in [3.05, 3.63) is 35.9 Å². The van der Waals surface area contributed by atoms with Gasteiger partial charge in [0.05, 0.1) is 12.5 Å². The zero-order valence-corrected chi connectivity index (χ0v) is 10.8. The molecule has 0 aromatic heterocycles. The molecule has 1 aromatic carbocycles. The van der Waals surface area contributed by atoms with Crippen molar-refractivity contribution in [1.82, 2.24) is 5.32 Å². The Kier molecular flexibility index (Phi) is 5.73. The number of aliphatic carboxylic acids is 1. The van der Waals surface area contributed by atoms with Gasteiger partial charge in [-0.1, -0.05) is 30.3 Å². The van der Waals surface area contributed by atoms with Crippen molar-refractivity contribution in [2.45, 2.75) is 32.2 Å². The van der Waals surface area contributed by atoms with Gasteiger partial charge in [0.25, 0.3) is 0 Å². The molecule has 0 radical (unpaired) electrons. The fourth-order valence-corrected chi connectivity index (χ4v) is 1.64. The van der Waals surface area contributed by atoms with Crippen LogP contribution in [0, 0.1) is 0 Å². The molecule has 5 heteroatoms. The lowest BCUT2D eigenvalue weighted by molar-refractivity contribution is -0.139. The van der Waals surface area contributed by atoms with E-state index in [-0.39, 0.29) is 24.5 Å². The van der Waals surface area contributed by atoms with Gasteiger partial charge < -0.3 is 10.4 Å². The number of amides is 1. The number of ketones is 1. The summed E-state index contributed by atoms with van der Waals surface area (Å²) in [7, 11) is 0. The number of aryl methyl sites for hydroxylation is 1. The predicted molar refractivity (Wildman–Crippen MR) is 69.6 cm³/mol. The first-order valence-corrected chi connectivity index (χ1v) is 6.04. The lowest BCUT2D eigenvalue weighted by atomic mass is 10.1. The second-order valence-corrected chi connectivity index (χ2v) is 4.31. The van der Waals surface area contributed by atoms with E-state index in [1.54, 1.807) is 0 Å². The van der Waals surface area contributed by atoms with E-state index in [0.29, 0.717) is 6.42 Å². The van der Waals surface area contributed by atoms with Crippen molar-refractivity contribution < 1.29 is 19.5 Å². The summed E-state index contributed by atoms with van der Waals surface area (Å²) in [5.41, 5.74) is 1.02. The number of carboxylic acids is 1. The van der Waals surface area contributed by atoms with Crippen LogP contribution in [0.15, 0.2) is 30.3 Å². The Labute approximate surface area is 111 Å². The molecule has 0 fully saturated rings. The standard InChI is InChI=1S/C14H17NO4/c1-10(16)12(9-14(18)19)15-13(17)8-7-11-5-3-2-4-6-11/h2-6,12H,7-9H2,1H3,(H,15,17)(H,18,19). The van der Waals surface area contributed by atoms with Gasteiger partial charge in [-0.05, 0) is 18.9 Å². The summed E-state index contributed by atoms with van der Waals surface area (Å²) in [6.07, 6.45) is 0.407. The quantitative estimate of drug-likeness (QED) is 0.773. The number of rotatable bonds is 7. The molecule has 0 heterocycles. The molecule has 2 N–H and O–H groups in total. The molecule has 1 atom stereocenters. The molecule has 0 aliphatic carbocycles. The van der Waals surface area contributed by atoms with Crippen LogP contribution in [0.3, 0.4) is 0 Å². The minimum Gasteiger partial charge on any atom is -0.481 e. The minimum atomic E-state index is -1.11. The van der Waals surface area contributed by atoms with Gasteiger partial charge in [0.1, 0.15) is 0 Å². The van der Waals surface area contributed by atoms with Crippen LogP contribution in [0.5, 0.6) is 0 Å². The average molecular weight is 263 g/mol. The largest absolute Gasteiger partial charge is 0.481 e. The Morgan fingerprint density at radius 3 is 2.37 bits per heavy atom. The molecule has 1 aromatic rings. The maximum Gasteiger partial charge on any atom is 0.305 e. The van der Waals surface area contributed by atoms with Crippen LogP contribution < -0.4 is 5.32 Å². The molecule has 0 bridgehead atoms. The van der Waals surface area contributed by atoms with E-state index < -0.39 is 12.0 Å². The van der Waals surface area contributed by atoms with Gasteiger partial charge in [-0.25, -0.2) is 0 Å². The van der Waals surface area contributed by atoms with Gasteiger partial charge in [-0.2, -0.15) is 0 Å². The number of benzene rings is 1. The van der Waals surface area contributed by atoms with Gasteiger partial charge in [0, 0.05) is 6.42 Å². The van der Waals surface area contributed by atoms with Gasteiger partial charge in [0.15, 0.2) is 5.78 Å². The third-order valence-corrected chi connectivity index (χ3v) is 2.69. The summed E-state index contributed by atoms with van der Waals surface area (Å²) in [5, 5.41) is 11.1. The average Bonchev–Trinajstić information content (AvgIpc) is 2.36. The summed E-state index contributed by atoms with van der Waals surface area (Å²) < 4.78 is 0. The van der Waals surface area contributed by atoms with Crippen LogP contribution in [0.1, 0.15) is 25.3 Å². The Morgan fingerprint density at radius 2 is 1.84 bits per heavy atom. The van der Waals surface area contributed by atoms with Crippen LogP contribution in [-0.4, -0.2) is 28.8 Å². The zero-order valence-electron chi connectivity index (χ0n) is 10.8. The Balaban J connectivity index is 2.45. The third kappa shape index (κ3) is 5.81. The second-order valence-electron chi connectivity index (χ2n) is 4.31. The number of nitrogens with one attached hydrogen (secondary N) is 1. The predicted octanol–water partition coefficient (Wildman–Crippen LogP) is 1.17. The normalized spacial score (nSPS) is 11.6. The highest BCUT2D eigenvalue weighted by Crippen LogP contribution is 2.03. The van der Waals surface area contributed by atoms with Crippen molar-refractivity contribution in [2.75, 3.05) is 0 Å². The van der Waals surface area contributed by atoms with E-state index in [2.05, 4.69) is 5.32 Å². The van der Waals surface area contributed by atoms with Crippen molar-refractivity contribution in [3.8, 4) is 0 Å². The number of carboxylic acid groups (broad SMARTS) is 1. The summed E-state index contributed by atoms with van der Waals surface area (Å²) in [6, 6.07) is 8.54. The highest BCUT2D eigenvalue weighted by atomic mass is 16.4. The lowest BCUT2D eigenvalue weighted by Crippen LogP contribution is -2.41. The summed E-state index contributed by atoms with van der Waals surface area (Å²) in [5.74, 6) is -1.77. The molecule has 5 nitrogen and oxygen atoms in total. The molecular weight excluding hydrogens is 246 g/mol. The molecule has 0 aliphatic heterocycles. The Bertz CT molecular complexity index is 456. The highest BCUT2D eigenvalue weighted by Gasteiger charge is 2.19. The summed E-state index contributed by atoms with van der Waals surface area (Å²) >= 11 is 0. The molecule has 0 saturated heterocycles. The minimum absolute atomic E-state index is 0.230. The number of hydrogen-bond acceptors (Lipinski definition) is 3. The van der Waals surface area contributed by atoms with Gasteiger partial charge in [0.2, 0.25) is 5.91 Å². The SMILES string of the molecule is CC(=O)C(CC(=O)O)NC(=O)CCc1ccccc1. The molecule has 1 amide bonds. The Morgan fingerprint density at radius 1 is 1.21 bits per heavy atom. The summed E-state index contributed by atoms with van der Waals surface area (Å²) in [6.45, 7) is 1.27. The van der Waals surface area contributed by atoms with Crippen LogP contribution in [0.4, 0.5) is 0 Å². The zero-order chi connectivity index (χ0) is 14.3. The van der Waals surface area contributed by atoms with E-state index in [9.17, 15) is 14.4 Å². The first kappa shape index (κ1) is 14.9.